The van der Waals surface area contributed by atoms with Crippen LogP contribution >= 0.6 is 21.6 Å². The maximum Gasteiger partial charge on any atom is 0.341 e. The van der Waals surface area contributed by atoms with Crippen LogP contribution in [0.15, 0.2) is 36.4 Å². The fourth-order valence-corrected chi connectivity index (χ4v) is 4.63. The van der Waals surface area contributed by atoms with E-state index in [2.05, 4.69) is 21.3 Å². The van der Waals surface area contributed by atoms with E-state index in [1.807, 2.05) is 0 Å². The van der Waals surface area contributed by atoms with E-state index in [0.717, 1.165) is 0 Å². The molecule has 0 aromatic heterocycles. The summed E-state index contributed by atoms with van der Waals surface area (Å²) in [6.07, 6.45) is 0. The number of rotatable bonds is 13. The number of carbonyl (C=O) groups excluding carboxylic acids is 2. The van der Waals surface area contributed by atoms with Crippen molar-refractivity contribution in [3.8, 4) is 0 Å². The third-order valence-corrected chi connectivity index (χ3v) is 6.54. The molecule has 0 saturated carbocycles. The van der Waals surface area contributed by atoms with Gasteiger partial charge in [0.05, 0.1) is 9.81 Å². The molecule has 0 spiro atoms. The molecule has 2 rings (SSSR count). The molecule has 0 bridgehead atoms. The van der Waals surface area contributed by atoms with E-state index >= 15 is 0 Å². The lowest BCUT2D eigenvalue weighted by Crippen LogP contribution is -2.10. The highest BCUT2D eigenvalue weighted by Gasteiger charge is 2.20. The molecule has 12 nitrogen and oxygen atoms in total. The first-order chi connectivity index (χ1) is 16.2. The third kappa shape index (κ3) is 8.78. The summed E-state index contributed by atoms with van der Waals surface area (Å²) in [5.74, 6) is 0.822. The van der Waals surface area contributed by atoms with Gasteiger partial charge in [-0.05, 0) is 24.3 Å². The third-order valence-electron chi connectivity index (χ3n) is 4.13. The molecule has 34 heavy (non-hydrogen) atoms. The van der Waals surface area contributed by atoms with Crippen LogP contribution in [-0.4, -0.2) is 56.7 Å². The molecular formula is C20H26N6O6S2+2. The Morgan fingerprint density at radius 2 is 1.15 bits per heavy atom. The number of amides is 2. The van der Waals surface area contributed by atoms with Crippen LogP contribution in [0.1, 0.15) is 13.8 Å². The van der Waals surface area contributed by atoms with Gasteiger partial charge in [0.25, 0.3) is 9.85 Å². The number of benzene rings is 2. The van der Waals surface area contributed by atoms with Gasteiger partial charge in [0.1, 0.15) is 11.4 Å². The molecule has 2 aromatic carbocycles. The van der Waals surface area contributed by atoms with E-state index in [0.29, 0.717) is 47.3 Å². The van der Waals surface area contributed by atoms with Gasteiger partial charge in [-0.25, -0.2) is 10.4 Å². The van der Waals surface area contributed by atoms with Crippen LogP contribution < -0.4 is 21.3 Å². The molecule has 2 amide bonds. The molecular weight excluding hydrogens is 484 g/mol. The average Bonchev–Trinajstić information content (AvgIpc) is 2.76. The monoisotopic (exact) mass is 510 g/mol. The Hall–Kier alpha value is -3.52. The van der Waals surface area contributed by atoms with Gasteiger partial charge in [-0.1, -0.05) is 21.6 Å². The minimum absolute atomic E-state index is 0.00951. The Morgan fingerprint density at radius 1 is 0.765 bits per heavy atom. The van der Waals surface area contributed by atoms with Crippen LogP contribution in [0.2, 0.25) is 0 Å². The second-order valence-corrected chi connectivity index (χ2v) is 9.57. The van der Waals surface area contributed by atoms with Gasteiger partial charge in [0, 0.05) is 62.0 Å². The molecule has 0 aliphatic heterocycles. The van der Waals surface area contributed by atoms with Crippen molar-refractivity contribution < 1.29 is 29.9 Å². The average molecular weight is 511 g/mol. The van der Waals surface area contributed by atoms with Gasteiger partial charge in [-0.15, -0.1) is 0 Å². The number of nitrogens with one attached hydrogen (secondary N) is 4. The molecule has 0 aliphatic carbocycles. The fraction of sp³-hybridized carbons (Fsp3) is 0.300. The van der Waals surface area contributed by atoms with Gasteiger partial charge < -0.3 is 21.3 Å². The van der Waals surface area contributed by atoms with Crippen LogP contribution in [0.4, 0.5) is 34.1 Å². The van der Waals surface area contributed by atoms with Gasteiger partial charge in [-0.3, -0.25) is 9.59 Å². The van der Waals surface area contributed by atoms with Crippen LogP contribution in [0.25, 0.3) is 0 Å². The second-order valence-electron chi connectivity index (χ2n) is 6.87. The lowest BCUT2D eigenvalue weighted by Gasteiger charge is -2.08. The molecule has 0 saturated heterocycles. The van der Waals surface area contributed by atoms with E-state index in [9.17, 15) is 29.8 Å². The van der Waals surface area contributed by atoms with Crippen LogP contribution in [0.5, 0.6) is 0 Å². The molecule has 14 heteroatoms. The highest BCUT2D eigenvalue weighted by molar-refractivity contribution is 8.76. The van der Waals surface area contributed by atoms with Crippen LogP contribution in [0, 0.1) is 9.81 Å². The van der Waals surface area contributed by atoms with E-state index in [-0.39, 0.29) is 33.0 Å². The summed E-state index contributed by atoms with van der Waals surface area (Å²) < 4.78 is 0. The van der Waals surface area contributed by atoms with Crippen LogP contribution in [-0.2, 0) is 9.59 Å². The second kappa shape index (κ2) is 13.3. The van der Waals surface area contributed by atoms with Crippen molar-refractivity contribution in [1.82, 2.24) is 0 Å². The molecule has 6 N–H and O–H groups in total. The maximum atomic E-state index is 11.4. The Balaban J connectivity index is 1.74. The van der Waals surface area contributed by atoms with Crippen molar-refractivity contribution in [2.45, 2.75) is 13.8 Å². The van der Waals surface area contributed by atoms with Gasteiger partial charge >= 0.3 is 11.4 Å². The standard InChI is InChI=1S/C20H24N6O6S2/c1-13(27)23-15-3-5-17(19(11-15)25(29)30)21-7-9-33-34-10-8-22-18-6-4-16(24-14(2)28)12-20(18)26(31)32/h3-6,11-12,21-22H,7-10H2,1-2H3,(H2-2,23,24,27,28,29,30,31,32)/p+2. The minimum Gasteiger partial charge on any atom is -0.378 e. The zero-order valence-corrected chi connectivity index (χ0v) is 20.2. The molecule has 0 radical (unpaired) electrons. The van der Waals surface area contributed by atoms with E-state index in [1.165, 1.54) is 26.0 Å². The largest absolute Gasteiger partial charge is 0.378 e. The molecule has 0 unspecified atom stereocenters. The molecule has 0 atom stereocenters. The molecule has 182 valence electrons. The molecule has 2 aromatic rings. The summed E-state index contributed by atoms with van der Waals surface area (Å²) in [4.78, 5) is 44.6. The van der Waals surface area contributed by atoms with Crippen molar-refractivity contribution >= 4 is 67.5 Å². The van der Waals surface area contributed by atoms with Gasteiger partial charge in [0.15, 0.2) is 0 Å². The Morgan fingerprint density at radius 3 is 1.47 bits per heavy atom. The number of carbonyl (C=O) groups is 2. The summed E-state index contributed by atoms with van der Waals surface area (Å²) in [7, 11) is 3.17. The number of hydrogen-bond donors (Lipinski definition) is 6. The Labute approximate surface area is 203 Å². The summed E-state index contributed by atoms with van der Waals surface area (Å²) in [6.45, 7) is 3.74. The van der Waals surface area contributed by atoms with Gasteiger partial charge in [-0.2, -0.15) is 0 Å². The predicted octanol–water partition coefficient (Wildman–Crippen LogP) is 4.11. The molecule has 0 aliphatic rings. The lowest BCUT2D eigenvalue weighted by molar-refractivity contribution is -0.729. The maximum absolute atomic E-state index is 11.4. The van der Waals surface area contributed by atoms with Crippen molar-refractivity contribution in [3.05, 3.63) is 46.2 Å². The summed E-state index contributed by atoms with van der Waals surface area (Å²) in [5, 5.41) is 29.9. The highest BCUT2D eigenvalue weighted by atomic mass is 33.1. The summed E-state index contributed by atoms with van der Waals surface area (Å²) in [5.41, 5.74) is 1.64. The number of hydrogen-bond acceptors (Lipinski definition) is 8. The van der Waals surface area contributed by atoms with Crippen molar-refractivity contribution in [2.75, 3.05) is 45.9 Å². The Bertz CT molecular complexity index is 984. The first kappa shape index (κ1) is 26.7. The number of anilines is 4. The van der Waals surface area contributed by atoms with Crippen molar-refractivity contribution in [3.63, 3.8) is 0 Å². The highest BCUT2D eigenvalue weighted by Crippen LogP contribution is 2.29. The smallest absolute Gasteiger partial charge is 0.341 e. The number of nitrogens with zero attached hydrogens (tertiary/aromatic N) is 2. The SMILES string of the molecule is CC(=O)Nc1ccc(NCCSSCCNc2ccc(NC(C)=O)cc2[N+](=O)O)c([N+](=O)O)c1. The predicted molar refractivity (Wildman–Crippen MR) is 134 cm³/mol. The summed E-state index contributed by atoms with van der Waals surface area (Å²) >= 11 is 0. The lowest BCUT2D eigenvalue weighted by atomic mass is 10.2. The topological polar surface area (TPSA) is 163 Å². The van der Waals surface area contributed by atoms with Crippen LogP contribution in [0.3, 0.4) is 0 Å². The van der Waals surface area contributed by atoms with Gasteiger partial charge in [0.2, 0.25) is 11.8 Å². The first-order valence-electron chi connectivity index (χ1n) is 10.0. The molecule has 0 heterocycles. The quantitative estimate of drug-likeness (QED) is 0.131. The van der Waals surface area contributed by atoms with Crippen molar-refractivity contribution in [2.24, 2.45) is 0 Å². The van der Waals surface area contributed by atoms with E-state index < -0.39 is 0 Å². The normalized spacial score (nSPS) is 10.3. The van der Waals surface area contributed by atoms with E-state index in [4.69, 9.17) is 0 Å². The zero-order valence-electron chi connectivity index (χ0n) is 18.5. The van der Waals surface area contributed by atoms with E-state index in [1.54, 1.807) is 45.9 Å². The zero-order chi connectivity index (χ0) is 25.1. The minimum atomic E-state index is -0.287. The fourth-order valence-electron chi connectivity index (χ4n) is 2.81. The first-order valence-corrected chi connectivity index (χ1v) is 12.5. The summed E-state index contributed by atoms with van der Waals surface area (Å²) in [6, 6.07) is 9.18. The van der Waals surface area contributed by atoms with Crippen molar-refractivity contribution in [1.29, 1.82) is 0 Å². The Kier molecular flexibility index (Phi) is 10.4. The molecule has 0 fully saturated rings.